The molecule has 4 nitrogen and oxygen atoms in total. The Morgan fingerprint density at radius 3 is 3.00 bits per heavy atom. The fraction of sp³-hybridized carbons (Fsp3) is 0.286. The summed E-state index contributed by atoms with van der Waals surface area (Å²) in [5.74, 6) is -0.178. The summed E-state index contributed by atoms with van der Waals surface area (Å²) in [7, 11) is 1.74. The topological polar surface area (TPSA) is 46.9 Å². The third-order valence-electron chi connectivity index (χ3n) is 3.54. The summed E-state index contributed by atoms with van der Waals surface area (Å²) in [4.78, 5) is 12.7. The fourth-order valence-corrected chi connectivity index (χ4v) is 2.84. The van der Waals surface area contributed by atoms with Crippen molar-refractivity contribution in [3.05, 3.63) is 52.3 Å². The molecule has 1 aliphatic rings. The van der Waals surface area contributed by atoms with Crippen molar-refractivity contribution in [1.29, 1.82) is 0 Å². The minimum Gasteiger partial charge on any atom is -0.312 e. The second-order valence-electron chi connectivity index (χ2n) is 4.71. The number of hydrogen-bond acceptors (Lipinski definition) is 3. The molecule has 0 fully saturated rings. The molecule has 1 aromatic heterocycles. The van der Waals surface area contributed by atoms with Gasteiger partial charge in [0.15, 0.2) is 5.78 Å². The maximum Gasteiger partial charge on any atom is 0.191 e. The zero-order valence-electron chi connectivity index (χ0n) is 10.6. The summed E-state index contributed by atoms with van der Waals surface area (Å²) in [6.45, 7) is 1.44. The molecule has 0 saturated heterocycles. The first-order valence-corrected chi connectivity index (χ1v) is 6.56. The third-order valence-corrected chi connectivity index (χ3v) is 3.82. The lowest BCUT2D eigenvalue weighted by atomic mass is 9.86. The molecule has 3 rings (SSSR count). The van der Waals surface area contributed by atoms with Crippen LogP contribution in [0.15, 0.2) is 30.5 Å². The number of benzene rings is 1. The molecule has 0 amide bonds. The first kappa shape index (κ1) is 12.4. The molecule has 2 aromatic rings. The van der Waals surface area contributed by atoms with Gasteiger partial charge in [-0.3, -0.25) is 9.48 Å². The average molecular weight is 276 g/mol. The van der Waals surface area contributed by atoms with Gasteiger partial charge in [-0.15, -0.1) is 0 Å². The highest BCUT2D eigenvalue weighted by molar-refractivity contribution is 6.33. The number of nitrogens with one attached hydrogen (secondary N) is 1. The Morgan fingerprint density at radius 2 is 2.26 bits per heavy atom. The zero-order chi connectivity index (χ0) is 13.4. The Morgan fingerprint density at radius 1 is 1.47 bits per heavy atom. The van der Waals surface area contributed by atoms with Gasteiger partial charge in [-0.1, -0.05) is 35.9 Å². The minimum absolute atomic E-state index is 0.0182. The van der Waals surface area contributed by atoms with E-state index >= 15 is 0 Å². The standard InChI is InChI=1S/C14H14ClN3O/c1-18-13(12(15)8-17-18)14(19)11-7-16-6-9-4-2-3-5-10(9)11/h2-5,8,11,16H,6-7H2,1H3. The Hall–Kier alpha value is -1.65. The SMILES string of the molecule is Cn1ncc(Cl)c1C(=O)C1CNCc2ccccc21. The number of nitrogens with zero attached hydrogens (tertiary/aromatic N) is 2. The van der Waals surface area contributed by atoms with Crippen LogP contribution in [0, 0.1) is 0 Å². The lowest BCUT2D eigenvalue weighted by Crippen LogP contribution is -2.33. The maximum absolute atomic E-state index is 12.7. The number of hydrogen-bond donors (Lipinski definition) is 1. The molecule has 98 valence electrons. The quantitative estimate of drug-likeness (QED) is 0.854. The van der Waals surface area contributed by atoms with Crippen LogP contribution >= 0.6 is 11.6 Å². The number of ketones is 1. The second kappa shape index (κ2) is 4.79. The van der Waals surface area contributed by atoms with E-state index in [2.05, 4.69) is 10.4 Å². The van der Waals surface area contributed by atoms with Gasteiger partial charge in [0.2, 0.25) is 0 Å². The molecule has 0 spiro atoms. The van der Waals surface area contributed by atoms with E-state index < -0.39 is 0 Å². The molecule has 1 unspecified atom stereocenters. The van der Waals surface area contributed by atoms with Crippen molar-refractivity contribution < 1.29 is 4.79 Å². The first-order chi connectivity index (χ1) is 9.18. The molecule has 0 bridgehead atoms. The molecule has 0 saturated carbocycles. The maximum atomic E-state index is 12.7. The van der Waals surface area contributed by atoms with Gasteiger partial charge in [0.1, 0.15) is 5.69 Å². The van der Waals surface area contributed by atoms with Crippen LogP contribution in [-0.2, 0) is 13.6 Å². The number of rotatable bonds is 2. The summed E-state index contributed by atoms with van der Waals surface area (Å²) in [5, 5.41) is 7.72. The van der Waals surface area contributed by atoms with Crippen molar-refractivity contribution in [2.45, 2.75) is 12.5 Å². The molecule has 1 aromatic carbocycles. The highest BCUT2D eigenvalue weighted by atomic mass is 35.5. The first-order valence-electron chi connectivity index (χ1n) is 6.18. The largest absolute Gasteiger partial charge is 0.312 e. The van der Waals surface area contributed by atoms with Crippen molar-refractivity contribution in [2.75, 3.05) is 6.54 Å². The van der Waals surface area contributed by atoms with Crippen molar-refractivity contribution in [1.82, 2.24) is 15.1 Å². The van der Waals surface area contributed by atoms with E-state index in [9.17, 15) is 4.79 Å². The van der Waals surface area contributed by atoms with Gasteiger partial charge in [-0.2, -0.15) is 5.10 Å². The Kier molecular flexibility index (Phi) is 3.12. The number of aromatic nitrogens is 2. The number of halogens is 1. The predicted octanol–water partition coefficient (Wildman–Crippen LogP) is 2.14. The normalized spacial score (nSPS) is 18.1. The Labute approximate surface area is 116 Å². The third kappa shape index (κ3) is 2.07. The van der Waals surface area contributed by atoms with Crippen LogP contribution in [0.25, 0.3) is 0 Å². The summed E-state index contributed by atoms with van der Waals surface area (Å²) in [5.41, 5.74) is 2.74. The molecular formula is C14H14ClN3O. The minimum atomic E-state index is -0.196. The van der Waals surface area contributed by atoms with E-state index in [0.29, 0.717) is 17.3 Å². The van der Waals surface area contributed by atoms with Crippen LogP contribution in [-0.4, -0.2) is 22.1 Å². The van der Waals surface area contributed by atoms with Gasteiger partial charge in [0.05, 0.1) is 17.1 Å². The highest BCUT2D eigenvalue weighted by Gasteiger charge is 2.30. The summed E-state index contributed by atoms with van der Waals surface area (Å²) in [6, 6.07) is 8.02. The predicted molar refractivity (Wildman–Crippen MR) is 73.4 cm³/mol. The van der Waals surface area contributed by atoms with Gasteiger partial charge in [-0.25, -0.2) is 0 Å². The lowest BCUT2D eigenvalue weighted by molar-refractivity contribution is 0.0946. The van der Waals surface area contributed by atoms with Gasteiger partial charge in [0, 0.05) is 20.1 Å². The Balaban J connectivity index is 2.03. The number of fused-ring (bicyclic) bond motifs is 1. The molecule has 0 radical (unpaired) electrons. The van der Waals surface area contributed by atoms with Gasteiger partial charge in [-0.05, 0) is 11.1 Å². The van der Waals surface area contributed by atoms with Crippen molar-refractivity contribution in [3.63, 3.8) is 0 Å². The van der Waals surface area contributed by atoms with Crippen LogP contribution in [0.3, 0.4) is 0 Å². The summed E-state index contributed by atoms with van der Waals surface area (Å²) < 4.78 is 1.54. The van der Waals surface area contributed by atoms with Crippen LogP contribution < -0.4 is 5.32 Å². The molecular weight excluding hydrogens is 262 g/mol. The highest BCUT2D eigenvalue weighted by Crippen LogP contribution is 2.29. The number of carbonyl (C=O) groups is 1. The van der Waals surface area contributed by atoms with Gasteiger partial charge >= 0.3 is 0 Å². The molecule has 5 heteroatoms. The molecule has 1 N–H and O–H groups in total. The molecule has 0 aliphatic carbocycles. The molecule has 1 atom stereocenters. The Bertz CT molecular complexity index is 616. The van der Waals surface area contributed by atoms with E-state index in [-0.39, 0.29) is 11.7 Å². The van der Waals surface area contributed by atoms with Crippen LogP contribution in [0.4, 0.5) is 0 Å². The van der Waals surface area contributed by atoms with E-state index in [0.717, 1.165) is 12.1 Å². The summed E-state index contributed by atoms with van der Waals surface area (Å²) >= 11 is 6.06. The van der Waals surface area contributed by atoms with Crippen LogP contribution in [0.2, 0.25) is 5.02 Å². The van der Waals surface area contributed by atoms with E-state index in [4.69, 9.17) is 11.6 Å². The number of carbonyl (C=O) groups excluding carboxylic acids is 1. The van der Waals surface area contributed by atoms with Gasteiger partial charge in [0.25, 0.3) is 0 Å². The van der Waals surface area contributed by atoms with Crippen LogP contribution in [0.1, 0.15) is 27.5 Å². The molecule has 19 heavy (non-hydrogen) atoms. The van der Waals surface area contributed by atoms with Crippen LogP contribution in [0.5, 0.6) is 0 Å². The lowest BCUT2D eigenvalue weighted by Gasteiger charge is -2.25. The second-order valence-corrected chi connectivity index (χ2v) is 5.12. The fourth-order valence-electron chi connectivity index (χ4n) is 2.58. The van der Waals surface area contributed by atoms with E-state index in [1.165, 1.54) is 11.8 Å². The van der Waals surface area contributed by atoms with Crippen molar-refractivity contribution >= 4 is 17.4 Å². The van der Waals surface area contributed by atoms with E-state index in [1.807, 2.05) is 24.3 Å². The average Bonchev–Trinajstić information content (AvgIpc) is 2.77. The van der Waals surface area contributed by atoms with Crippen molar-refractivity contribution in [3.8, 4) is 0 Å². The zero-order valence-corrected chi connectivity index (χ0v) is 11.3. The number of aryl methyl sites for hydroxylation is 1. The van der Waals surface area contributed by atoms with Gasteiger partial charge < -0.3 is 5.32 Å². The molecule has 1 aliphatic heterocycles. The molecule has 2 heterocycles. The van der Waals surface area contributed by atoms with E-state index in [1.54, 1.807) is 11.7 Å². The number of Topliss-reactive ketones (excluding diaryl/α,β-unsaturated/α-hetero) is 1. The van der Waals surface area contributed by atoms with Crippen molar-refractivity contribution in [2.24, 2.45) is 7.05 Å². The smallest absolute Gasteiger partial charge is 0.191 e. The monoisotopic (exact) mass is 275 g/mol. The summed E-state index contributed by atoms with van der Waals surface area (Å²) in [6.07, 6.45) is 1.51.